The average Bonchev–Trinajstić information content (AvgIpc) is 2.27. The van der Waals surface area contributed by atoms with Gasteiger partial charge in [0.25, 0.3) is 0 Å². The predicted octanol–water partition coefficient (Wildman–Crippen LogP) is 2.19. The van der Waals surface area contributed by atoms with E-state index in [1.807, 2.05) is 0 Å². The number of alkyl halides is 1. The average molecular weight is 226 g/mol. The molecule has 0 saturated carbocycles. The van der Waals surface area contributed by atoms with E-state index in [-0.39, 0.29) is 11.1 Å². The number of aromatic carboxylic acids is 1. The van der Waals surface area contributed by atoms with Gasteiger partial charge < -0.3 is 14.6 Å². The van der Waals surface area contributed by atoms with Crippen molar-refractivity contribution in [1.29, 1.82) is 0 Å². The van der Waals surface area contributed by atoms with E-state index in [9.17, 15) is 9.18 Å². The minimum absolute atomic E-state index is 0.0840. The molecule has 0 radical (unpaired) electrons. The Kier molecular flexibility index (Phi) is 2.68. The number of halogens is 1. The zero-order valence-electron chi connectivity index (χ0n) is 8.70. The highest BCUT2D eigenvalue weighted by molar-refractivity contribution is 5.90. The third-order valence-corrected chi connectivity index (χ3v) is 2.37. The van der Waals surface area contributed by atoms with Crippen molar-refractivity contribution in [1.82, 2.24) is 0 Å². The first kappa shape index (κ1) is 10.7. The zero-order valence-corrected chi connectivity index (χ0v) is 8.70. The van der Waals surface area contributed by atoms with Crippen LogP contribution in [0, 0.1) is 0 Å². The highest BCUT2D eigenvalue weighted by Crippen LogP contribution is 2.36. The summed E-state index contributed by atoms with van der Waals surface area (Å²) < 4.78 is 23.8. The second-order valence-electron chi connectivity index (χ2n) is 3.50. The second-order valence-corrected chi connectivity index (χ2v) is 3.50. The van der Waals surface area contributed by atoms with Gasteiger partial charge in [0, 0.05) is 5.56 Å². The third-order valence-electron chi connectivity index (χ3n) is 2.37. The Morgan fingerprint density at radius 3 is 2.44 bits per heavy atom. The number of carbonyl (C=O) groups is 1. The molecule has 1 aliphatic heterocycles. The van der Waals surface area contributed by atoms with Gasteiger partial charge in [-0.2, -0.15) is 0 Å². The van der Waals surface area contributed by atoms with E-state index >= 15 is 0 Å². The lowest BCUT2D eigenvalue weighted by atomic mass is 10.0. The minimum atomic E-state index is -1.36. The van der Waals surface area contributed by atoms with Crippen molar-refractivity contribution in [3.63, 3.8) is 0 Å². The smallest absolute Gasteiger partial charge is 0.336 e. The summed E-state index contributed by atoms with van der Waals surface area (Å²) in [5.41, 5.74) is 0.0241. The van der Waals surface area contributed by atoms with Crippen molar-refractivity contribution < 1.29 is 23.8 Å². The van der Waals surface area contributed by atoms with Gasteiger partial charge in [-0.25, -0.2) is 9.18 Å². The molecule has 0 fully saturated rings. The lowest BCUT2D eigenvalue weighted by Gasteiger charge is -2.20. The number of hydrogen-bond donors (Lipinski definition) is 1. The first-order chi connectivity index (χ1) is 7.59. The number of fused-ring (bicyclic) bond motifs is 1. The fourth-order valence-corrected chi connectivity index (χ4v) is 1.62. The maximum Gasteiger partial charge on any atom is 0.336 e. The van der Waals surface area contributed by atoms with Gasteiger partial charge in [0.2, 0.25) is 0 Å². The Hall–Kier alpha value is -1.78. The highest BCUT2D eigenvalue weighted by Gasteiger charge is 2.21. The highest BCUT2D eigenvalue weighted by atomic mass is 19.1. The molecule has 0 amide bonds. The molecule has 2 rings (SSSR count). The maximum absolute atomic E-state index is 13.3. The number of rotatable bonds is 2. The minimum Gasteiger partial charge on any atom is -0.486 e. The van der Waals surface area contributed by atoms with Crippen LogP contribution >= 0.6 is 0 Å². The molecule has 1 unspecified atom stereocenters. The van der Waals surface area contributed by atoms with E-state index < -0.39 is 12.1 Å². The number of carboxylic acids is 1. The molecule has 86 valence electrons. The van der Waals surface area contributed by atoms with Crippen LogP contribution in [0.3, 0.4) is 0 Å². The summed E-state index contributed by atoms with van der Waals surface area (Å²) in [6, 6.07) is 2.70. The van der Waals surface area contributed by atoms with E-state index in [2.05, 4.69) is 0 Å². The monoisotopic (exact) mass is 226 g/mol. The van der Waals surface area contributed by atoms with Gasteiger partial charge in [-0.15, -0.1) is 0 Å². The van der Waals surface area contributed by atoms with E-state index in [0.717, 1.165) is 0 Å². The number of carboxylic acid groups (broad SMARTS) is 1. The first-order valence-electron chi connectivity index (χ1n) is 4.90. The fourth-order valence-electron chi connectivity index (χ4n) is 1.62. The van der Waals surface area contributed by atoms with Crippen LogP contribution in [0.2, 0.25) is 0 Å². The van der Waals surface area contributed by atoms with Crippen LogP contribution in [0.1, 0.15) is 29.0 Å². The standard InChI is InChI=1S/C11H11FO4/c1-6(12)7-4-9-10(16-3-2-15-9)5-8(7)11(13)14/h4-6H,2-3H2,1H3,(H,13,14). The van der Waals surface area contributed by atoms with Crippen LogP contribution in [0.15, 0.2) is 12.1 Å². The lowest BCUT2D eigenvalue weighted by Crippen LogP contribution is -2.17. The Labute approximate surface area is 91.6 Å². The molecule has 1 heterocycles. The predicted molar refractivity (Wildman–Crippen MR) is 53.9 cm³/mol. The SMILES string of the molecule is CC(F)c1cc2c(cc1C(=O)O)OCCO2. The van der Waals surface area contributed by atoms with Gasteiger partial charge in [-0.05, 0) is 19.1 Å². The van der Waals surface area contributed by atoms with E-state index in [0.29, 0.717) is 24.7 Å². The van der Waals surface area contributed by atoms with Crippen LogP contribution < -0.4 is 9.47 Å². The van der Waals surface area contributed by atoms with Crippen LogP contribution in [0.5, 0.6) is 11.5 Å². The van der Waals surface area contributed by atoms with Gasteiger partial charge in [-0.3, -0.25) is 0 Å². The molecule has 0 aromatic heterocycles. The number of ether oxygens (including phenoxy) is 2. The third kappa shape index (κ3) is 1.80. The zero-order chi connectivity index (χ0) is 11.7. The van der Waals surface area contributed by atoms with Crippen molar-refractivity contribution >= 4 is 5.97 Å². The van der Waals surface area contributed by atoms with Gasteiger partial charge in [0.05, 0.1) is 5.56 Å². The van der Waals surface area contributed by atoms with Crippen molar-refractivity contribution in [2.24, 2.45) is 0 Å². The summed E-state index contributed by atoms with van der Waals surface area (Å²) in [7, 11) is 0. The molecular formula is C11H11FO4. The number of benzene rings is 1. The molecular weight excluding hydrogens is 215 g/mol. The molecule has 0 bridgehead atoms. The molecule has 16 heavy (non-hydrogen) atoms. The Balaban J connectivity index is 2.54. The fraction of sp³-hybridized carbons (Fsp3) is 0.364. The van der Waals surface area contributed by atoms with Crippen LogP contribution in [0.4, 0.5) is 4.39 Å². The largest absolute Gasteiger partial charge is 0.486 e. The Morgan fingerprint density at radius 1 is 1.38 bits per heavy atom. The van der Waals surface area contributed by atoms with Crippen molar-refractivity contribution in [3.05, 3.63) is 23.3 Å². The summed E-state index contributed by atoms with van der Waals surface area (Å²) in [5, 5.41) is 8.95. The van der Waals surface area contributed by atoms with Crippen molar-refractivity contribution in [2.45, 2.75) is 13.1 Å². The van der Waals surface area contributed by atoms with Gasteiger partial charge in [0.1, 0.15) is 19.4 Å². The molecule has 4 nitrogen and oxygen atoms in total. The molecule has 1 aromatic rings. The molecule has 1 aromatic carbocycles. The molecule has 1 aliphatic rings. The van der Waals surface area contributed by atoms with Crippen LogP contribution in [-0.4, -0.2) is 24.3 Å². The van der Waals surface area contributed by atoms with E-state index in [1.54, 1.807) is 0 Å². The summed E-state index contributed by atoms with van der Waals surface area (Å²) in [6.45, 7) is 2.05. The van der Waals surface area contributed by atoms with Gasteiger partial charge in [-0.1, -0.05) is 0 Å². The van der Waals surface area contributed by atoms with Crippen LogP contribution in [0.25, 0.3) is 0 Å². The normalized spacial score (nSPS) is 15.6. The molecule has 1 atom stereocenters. The first-order valence-corrected chi connectivity index (χ1v) is 4.90. The molecule has 0 spiro atoms. The van der Waals surface area contributed by atoms with Crippen molar-refractivity contribution in [3.8, 4) is 11.5 Å². The van der Waals surface area contributed by atoms with Crippen molar-refractivity contribution in [2.75, 3.05) is 13.2 Å². The topological polar surface area (TPSA) is 55.8 Å². The Bertz CT molecular complexity index is 428. The summed E-state index contributed by atoms with van der Waals surface area (Å²) in [4.78, 5) is 10.9. The summed E-state index contributed by atoms with van der Waals surface area (Å²) in [6.07, 6.45) is -1.36. The van der Waals surface area contributed by atoms with Gasteiger partial charge in [0.15, 0.2) is 11.5 Å². The van der Waals surface area contributed by atoms with E-state index in [4.69, 9.17) is 14.6 Å². The van der Waals surface area contributed by atoms with Crippen LogP contribution in [-0.2, 0) is 0 Å². The summed E-state index contributed by atoms with van der Waals surface area (Å²) in [5.74, 6) is -0.416. The van der Waals surface area contributed by atoms with Gasteiger partial charge >= 0.3 is 5.97 Å². The maximum atomic E-state index is 13.3. The Morgan fingerprint density at radius 2 is 1.94 bits per heavy atom. The molecule has 5 heteroatoms. The molecule has 1 N–H and O–H groups in total. The molecule has 0 aliphatic carbocycles. The number of hydrogen-bond acceptors (Lipinski definition) is 3. The van der Waals surface area contributed by atoms with E-state index in [1.165, 1.54) is 19.1 Å². The lowest BCUT2D eigenvalue weighted by molar-refractivity contribution is 0.0692. The quantitative estimate of drug-likeness (QED) is 0.839. The summed E-state index contributed by atoms with van der Waals surface area (Å²) >= 11 is 0. The molecule has 0 saturated heterocycles. The second kappa shape index (κ2) is 4.00.